The van der Waals surface area contributed by atoms with Crippen LogP contribution in [-0.2, 0) is 19.1 Å². The number of ether oxygens (including phenoxy) is 2. The number of carbonyl (C=O) groups excluding carboxylic acids is 3. The molecule has 7 atom stereocenters. The number of amides is 3. The Kier molecular flexibility index (Phi) is 10.4. The molecule has 9 nitrogen and oxygen atoms in total. The third-order valence-corrected chi connectivity index (χ3v) is 9.46. The normalized spacial score (nSPS) is 27.1. The Balaban J connectivity index is 1.78. The Morgan fingerprint density at radius 1 is 1.14 bits per heavy atom. The van der Waals surface area contributed by atoms with Crippen LogP contribution < -0.4 is 9.64 Å². The molecule has 0 radical (unpaired) electrons. The average Bonchev–Trinajstić information content (AvgIpc) is 3.63. The molecule has 0 aromatic heterocycles. The van der Waals surface area contributed by atoms with E-state index in [2.05, 4.69) is 20.1 Å². The second-order valence-corrected chi connectivity index (χ2v) is 12.4. The quantitative estimate of drug-likeness (QED) is 0.305. The van der Waals surface area contributed by atoms with Crippen molar-refractivity contribution in [1.29, 1.82) is 0 Å². The molecule has 43 heavy (non-hydrogen) atoms. The van der Waals surface area contributed by atoms with E-state index in [4.69, 9.17) is 9.47 Å². The standard InChI is InChI=1S/C34H49N3O6/c1-8-12-23(7)35(19-9-2)33(41)30-34-18-17-27(43-34)28(29(34)32(40)37(30)26(21-38)22(5)6)31(39)36(20-10-3)24-13-15-25(16-14-24)42-11-4/h9-10,13-16,22-23,26-30,38H,2-3,8,11-12,17-21H2,1,4-7H3/t23?,26-,27-,28+,29-,30?,34?/m0/s1. The van der Waals surface area contributed by atoms with E-state index in [0.717, 1.165) is 12.8 Å². The van der Waals surface area contributed by atoms with Crippen LogP contribution in [0.25, 0.3) is 0 Å². The molecule has 1 spiro atoms. The highest BCUT2D eigenvalue weighted by atomic mass is 16.5. The highest BCUT2D eigenvalue weighted by molar-refractivity contribution is 6.03. The summed E-state index contributed by atoms with van der Waals surface area (Å²) in [6.07, 6.45) is 5.64. The molecule has 0 saturated carbocycles. The summed E-state index contributed by atoms with van der Waals surface area (Å²) in [6.45, 7) is 18.4. The number of nitrogens with zero attached hydrogens (tertiary/aromatic N) is 3. The van der Waals surface area contributed by atoms with E-state index in [0.29, 0.717) is 37.4 Å². The third-order valence-electron chi connectivity index (χ3n) is 9.46. The van der Waals surface area contributed by atoms with Crippen LogP contribution >= 0.6 is 0 Å². The first-order valence-corrected chi connectivity index (χ1v) is 15.8. The van der Waals surface area contributed by atoms with Crippen LogP contribution in [0.15, 0.2) is 49.6 Å². The van der Waals surface area contributed by atoms with Crippen molar-refractivity contribution in [3.8, 4) is 5.75 Å². The van der Waals surface area contributed by atoms with E-state index in [1.54, 1.807) is 26.9 Å². The van der Waals surface area contributed by atoms with Crippen molar-refractivity contribution in [2.24, 2.45) is 17.8 Å². The minimum Gasteiger partial charge on any atom is -0.494 e. The lowest BCUT2D eigenvalue weighted by atomic mass is 9.70. The number of likely N-dealkylation sites (tertiary alicyclic amines) is 1. The minimum absolute atomic E-state index is 0.0756. The zero-order chi connectivity index (χ0) is 31.5. The summed E-state index contributed by atoms with van der Waals surface area (Å²) in [5.41, 5.74) is -0.480. The van der Waals surface area contributed by atoms with E-state index < -0.39 is 35.6 Å². The van der Waals surface area contributed by atoms with E-state index >= 15 is 0 Å². The van der Waals surface area contributed by atoms with Crippen LogP contribution in [0.5, 0.6) is 5.75 Å². The summed E-state index contributed by atoms with van der Waals surface area (Å²) in [7, 11) is 0. The largest absolute Gasteiger partial charge is 0.494 e. The molecule has 1 aromatic carbocycles. The van der Waals surface area contributed by atoms with Gasteiger partial charge in [0.25, 0.3) is 0 Å². The van der Waals surface area contributed by atoms with Gasteiger partial charge < -0.3 is 29.3 Å². The van der Waals surface area contributed by atoms with Crippen LogP contribution in [0.3, 0.4) is 0 Å². The van der Waals surface area contributed by atoms with Crippen LogP contribution in [0, 0.1) is 17.8 Å². The maximum atomic E-state index is 14.6. The monoisotopic (exact) mass is 595 g/mol. The lowest BCUT2D eigenvalue weighted by molar-refractivity contribution is -0.153. The molecule has 3 fully saturated rings. The second kappa shape index (κ2) is 13.6. The maximum Gasteiger partial charge on any atom is 0.248 e. The van der Waals surface area contributed by atoms with Gasteiger partial charge in [-0.3, -0.25) is 14.4 Å². The molecule has 3 unspecified atom stereocenters. The van der Waals surface area contributed by atoms with Gasteiger partial charge in [0.2, 0.25) is 17.7 Å². The van der Waals surface area contributed by atoms with Crippen molar-refractivity contribution in [3.05, 3.63) is 49.6 Å². The second-order valence-electron chi connectivity index (χ2n) is 12.4. The molecule has 3 heterocycles. The fourth-order valence-corrected chi connectivity index (χ4v) is 7.51. The van der Waals surface area contributed by atoms with Crippen LogP contribution in [0.2, 0.25) is 0 Å². The molecular formula is C34H49N3O6. The zero-order valence-corrected chi connectivity index (χ0v) is 26.4. The van der Waals surface area contributed by atoms with Crippen molar-refractivity contribution in [1.82, 2.24) is 9.80 Å². The van der Waals surface area contributed by atoms with Gasteiger partial charge in [-0.1, -0.05) is 39.3 Å². The molecule has 9 heteroatoms. The van der Waals surface area contributed by atoms with Gasteiger partial charge in [-0.05, 0) is 63.3 Å². The molecule has 1 N–H and O–H groups in total. The van der Waals surface area contributed by atoms with E-state index in [1.165, 1.54) is 0 Å². The number of aliphatic hydroxyl groups is 1. The van der Waals surface area contributed by atoms with E-state index in [1.807, 2.05) is 52.0 Å². The number of fused-ring (bicyclic) bond motifs is 1. The lowest BCUT2D eigenvalue weighted by Gasteiger charge is -2.41. The highest BCUT2D eigenvalue weighted by Crippen LogP contribution is 2.59. The van der Waals surface area contributed by atoms with Gasteiger partial charge in [0.15, 0.2) is 0 Å². The third kappa shape index (κ3) is 5.74. The SMILES string of the molecule is C=CCN(C(=O)[C@@H]1[C@@H]2CCC3(O2)C(C(=O)N(CC=C)C(C)CCC)N([C@@H](CO)C(C)C)C(=O)[C@H]13)c1ccc(OCC)cc1. The Hall–Kier alpha value is -3.17. The summed E-state index contributed by atoms with van der Waals surface area (Å²) in [5.74, 6) is -1.74. The lowest BCUT2D eigenvalue weighted by Crippen LogP contribution is -2.60. The molecular weight excluding hydrogens is 546 g/mol. The molecule has 3 aliphatic heterocycles. The molecule has 236 valence electrons. The van der Waals surface area contributed by atoms with Crippen LogP contribution in [0.4, 0.5) is 5.69 Å². The molecule has 0 aliphatic carbocycles. The average molecular weight is 596 g/mol. The first-order chi connectivity index (χ1) is 20.6. The van der Waals surface area contributed by atoms with E-state index in [-0.39, 0.29) is 42.8 Å². The van der Waals surface area contributed by atoms with Gasteiger partial charge in [0, 0.05) is 24.8 Å². The first kappa shape index (κ1) is 32.7. The number of carbonyl (C=O) groups is 3. The van der Waals surface area contributed by atoms with Gasteiger partial charge >= 0.3 is 0 Å². The maximum absolute atomic E-state index is 14.6. The summed E-state index contributed by atoms with van der Waals surface area (Å²) < 4.78 is 12.3. The van der Waals surface area contributed by atoms with Gasteiger partial charge in [-0.2, -0.15) is 0 Å². The van der Waals surface area contributed by atoms with Crippen molar-refractivity contribution in [3.63, 3.8) is 0 Å². The fourth-order valence-electron chi connectivity index (χ4n) is 7.51. The highest BCUT2D eigenvalue weighted by Gasteiger charge is 2.75. The Morgan fingerprint density at radius 2 is 1.81 bits per heavy atom. The van der Waals surface area contributed by atoms with E-state index in [9.17, 15) is 19.5 Å². The number of aliphatic hydroxyl groups excluding tert-OH is 1. The number of hydrogen-bond donors (Lipinski definition) is 1. The summed E-state index contributed by atoms with van der Waals surface area (Å²) >= 11 is 0. The molecule has 1 aromatic rings. The van der Waals surface area contributed by atoms with Crippen molar-refractivity contribution in [2.45, 2.75) is 90.1 Å². The van der Waals surface area contributed by atoms with Crippen molar-refractivity contribution in [2.75, 3.05) is 31.2 Å². The minimum atomic E-state index is -1.15. The molecule has 4 rings (SSSR count). The Bertz CT molecular complexity index is 1190. The van der Waals surface area contributed by atoms with Crippen molar-refractivity contribution >= 4 is 23.4 Å². The number of benzene rings is 1. The summed E-state index contributed by atoms with van der Waals surface area (Å²) in [5, 5.41) is 10.5. The van der Waals surface area contributed by atoms with Gasteiger partial charge in [-0.15, -0.1) is 13.2 Å². The van der Waals surface area contributed by atoms with Crippen LogP contribution in [-0.4, -0.2) is 88.8 Å². The molecule has 3 aliphatic rings. The summed E-state index contributed by atoms with van der Waals surface area (Å²) in [6, 6.07) is 5.68. The van der Waals surface area contributed by atoms with Gasteiger partial charge in [0.05, 0.1) is 37.2 Å². The number of hydrogen-bond acceptors (Lipinski definition) is 6. The summed E-state index contributed by atoms with van der Waals surface area (Å²) in [4.78, 5) is 48.6. The number of anilines is 1. The number of rotatable bonds is 15. The van der Waals surface area contributed by atoms with Gasteiger partial charge in [0.1, 0.15) is 17.4 Å². The first-order valence-electron chi connectivity index (χ1n) is 15.8. The smallest absolute Gasteiger partial charge is 0.248 e. The van der Waals surface area contributed by atoms with Crippen molar-refractivity contribution < 1.29 is 29.0 Å². The molecule has 3 saturated heterocycles. The molecule has 2 bridgehead atoms. The van der Waals surface area contributed by atoms with Crippen LogP contribution in [0.1, 0.15) is 60.3 Å². The predicted octanol–water partition coefficient (Wildman–Crippen LogP) is 4.20. The van der Waals surface area contributed by atoms with Gasteiger partial charge in [-0.25, -0.2) is 0 Å². The topological polar surface area (TPSA) is 99.6 Å². The Labute approximate surface area is 256 Å². The molecule has 3 amide bonds. The fraction of sp³-hybridized carbons (Fsp3) is 0.618. The zero-order valence-electron chi connectivity index (χ0n) is 26.4. The predicted molar refractivity (Wildman–Crippen MR) is 167 cm³/mol. The Morgan fingerprint density at radius 3 is 2.37 bits per heavy atom.